The molecule has 152 valence electrons. The van der Waals surface area contributed by atoms with Crippen molar-refractivity contribution in [1.29, 1.82) is 0 Å². The summed E-state index contributed by atoms with van der Waals surface area (Å²) < 4.78 is 16.1. The Morgan fingerprint density at radius 3 is 2.21 bits per heavy atom. The zero-order valence-corrected chi connectivity index (χ0v) is 16.8. The van der Waals surface area contributed by atoms with Crippen molar-refractivity contribution >= 4 is 17.7 Å². The Bertz CT molecular complexity index is 920. The van der Waals surface area contributed by atoms with Gasteiger partial charge in [0.05, 0.1) is 20.1 Å². The minimum absolute atomic E-state index is 0.0849. The fourth-order valence-electron chi connectivity index (χ4n) is 3.42. The molecular weight excluding hydrogens is 372 g/mol. The van der Waals surface area contributed by atoms with Crippen LogP contribution in [0.4, 0.5) is 10.5 Å². The highest BCUT2D eigenvalue weighted by Crippen LogP contribution is 2.45. The number of hydrogen-bond acceptors (Lipinski definition) is 5. The highest BCUT2D eigenvalue weighted by Gasteiger charge is 2.48. The molecule has 2 aromatic carbocycles. The Balaban J connectivity index is 1.87. The Morgan fingerprint density at radius 2 is 1.62 bits per heavy atom. The molecule has 29 heavy (non-hydrogen) atoms. The lowest BCUT2D eigenvalue weighted by Crippen LogP contribution is -2.32. The van der Waals surface area contributed by atoms with E-state index in [9.17, 15) is 9.59 Å². The summed E-state index contributed by atoms with van der Waals surface area (Å²) in [7, 11) is 2.87. The quantitative estimate of drug-likeness (QED) is 0.751. The number of urea groups is 1. The van der Waals surface area contributed by atoms with E-state index in [-0.39, 0.29) is 11.5 Å². The number of nitrogens with one attached hydrogen (secondary N) is 2. The average molecular weight is 396 g/mol. The second-order valence-electron chi connectivity index (χ2n) is 7.09. The van der Waals surface area contributed by atoms with Crippen LogP contribution >= 0.6 is 0 Å². The van der Waals surface area contributed by atoms with E-state index in [0.717, 1.165) is 5.56 Å². The zero-order valence-electron chi connectivity index (χ0n) is 16.8. The molecule has 2 N–H and O–H groups in total. The fraction of sp³-hybridized carbons (Fsp3) is 0.273. The summed E-state index contributed by atoms with van der Waals surface area (Å²) in [5.74, 6) is -0.184. The van der Waals surface area contributed by atoms with Gasteiger partial charge >= 0.3 is 12.0 Å². The van der Waals surface area contributed by atoms with Crippen LogP contribution in [-0.4, -0.2) is 31.8 Å². The molecule has 0 saturated carbocycles. The number of methoxy groups -OCH3 is 2. The second-order valence-corrected chi connectivity index (χ2v) is 7.09. The first-order chi connectivity index (χ1) is 13.9. The summed E-state index contributed by atoms with van der Waals surface area (Å²) >= 11 is 0. The zero-order chi connectivity index (χ0) is 21.0. The molecule has 1 aliphatic heterocycles. The number of ether oxygens (including phenoxy) is 3. The number of carbonyl (C=O) groups is 2. The lowest BCUT2D eigenvalue weighted by molar-refractivity contribution is -0.136. The third-order valence-electron chi connectivity index (χ3n) is 4.71. The third kappa shape index (κ3) is 4.34. The molecule has 0 bridgehead atoms. The molecule has 1 heterocycles. The third-order valence-corrected chi connectivity index (χ3v) is 4.71. The highest BCUT2D eigenvalue weighted by atomic mass is 16.5. The van der Waals surface area contributed by atoms with E-state index in [4.69, 9.17) is 14.2 Å². The maximum atomic E-state index is 12.6. The molecule has 0 aliphatic carbocycles. The van der Waals surface area contributed by atoms with E-state index in [1.165, 1.54) is 7.11 Å². The normalized spacial score (nSPS) is 17.3. The number of benzene rings is 2. The number of anilines is 1. The minimum Gasteiger partial charge on any atom is -0.497 e. The standard InChI is InChI=1S/C22H24N2O5/c1-22(2)18(14-8-6-5-7-9-14)17(20(25)28-4)19(29-22)24-21(26)23-15-10-12-16(27-3)13-11-15/h5-13,18H,1-4H3,(H2,23,24,26). The lowest BCUT2D eigenvalue weighted by Gasteiger charge is -2.27. The SMILES string of the molecule is COC(=O)C1=C(NC(=O)Nc2ccc(OC)cc2)OC(C)(C)C1c1ccccc1. The Hall–Kier alpha value is -3.48. The van der Waals surface area contributed by atoms with Crippen molar-refractivity contribution in [2.24, 2.45) is 0 Å². The number of esters is 1. The van der Waals surface area contributed by atoms with Gasteiger partial charge in [0.15, 0.2) is 0 Å². The van der Waals surface area contributed by atoms with E-state index in [0.29, 0.717) is 11.4 Å². The summed E-state index contributed by atoms with van der Waals surface area (Å²) in [6, 6.07) is 15.9. The van der Waals surface area contributed by atoms with Crippen molar-refractivity contribution in [3.63, 3.8) is 0 Å². The molecule has 2 aromatic rings. The van der Waals surface area contributed by atoms with E-state index in [1.807, 2.05) is 44.2 Å². The first-order valence-corrected chi connectivity index (χ1v) is 9.14. The summed E-state index contributed by atoms with van der Waals surface area (Å²) in [6.07, 6.45) is 0. The maximum absolute atomic E-state index is 12.6. The Labute approximate surface area is 169 Å². The second kappa shape index (κ2) is 8.26. The molecule has 0 radical (unpaired) electrons. The van der Waals surface area contributed by atoms with Gasteiger partial charge in [-0.15, -0.1) is 0 Å². The van der Waals surface area contributed by atoms with E-state index >= 15 is 0 Å². The maximum Gasteiger partial charge on any atom is 0.339 e. The van der Waals surface area contributed by atoms with Gasteiger partial charge < -0.3 is 19.5 Å². The van der Waals surface area contributed by atoms with Crippen LogP contribution in [-0.2, 0) is 14.3 Å². The monoisotopic (exact) mass is 396 g/mol. The molecule has 1 aliphatic rings. The molecule has 0 aromatic heterocycles. The fourth-order valence-corrected chi connectivity index (χ4v) is 3.42. The van der Waals surface area contributed by atoms with Gasteiger partial charge in [-0.05, 0) is 43.7 Å². The lowest BCUT2D eigenvalue weighted by atomic mass is 9.81. The van der Waals surface area contributed by atoms with Crippen LogP contribution in [0.3, 0.4) is 0 Å². The Kier molecular flexibility index (Phi) is 5.77. The van der Waals surface area contributed by atoms with Crippen molar-refractivity contribution in [2.45, 2.75) is 25.4 Å². The Morgan fingerprint density at radius 1 is 0.966 bits per heavy atom. The van der Waals surface area contributed by atoms with Crippen LogP contribution in [0.1, 0.15) is 25.3 Å². The number of carbonyl (C=O) groups excluding carboxylic acids is 2. The van der Waals surface area contributed by atoms with Crippen LogP contribution < -0.4 is 15.4 Å². The average Bonchev–Trinajstić information content (AvgIpc) is 2.98. The highest BCUT2D eigenvalue weighted by molar-refractivity contribution is 5.95. The van der Waals surface area contributed by atoms with Crippen LogP contribution in [0.15, 0.2) is 66.1 Å². The van der Waals surface area contributed by atoms with E-state index in [2.05, 4.69) is 10.6 Å². The van der Waals surface area contributed by atoms with Gasteiger partial charge in [-0.25, -0.2) is 9.59 Å². The van der Waals surface area contributed by atoms with Crippen molar-refractivity contribution in [1.82, 2.24) is 5.32 Å². The predicted molar refractivity (Wildman–Crippen MR) is 109 cm³/mol. The number of hydrogen-bond donors (Lipinski definition) is 2. The van der Waals surface area contributed by atoms with Gasteiger partial charge in [0, 0.05) is 5.69 Å². The van der Waals surface area contributed by atoms with Crippen molar-refractivity contribution in [3.05, 3.63) is 71.6 Å². The number of amides is 2. The van der Waals surface area contributed by atoms with Gasteiger partial charge in [0.25, 0.3) is 0 Å². The van der Waals surface area contributed by atoms with Crippen LogP contribution in [0.2, 0.25) is 0 Å². The van der Waals surface area contributed by atoms with E-state index in [1.54, 1.807) is 31.4 Å². The molecule has 0 spiro atoms. The molecule has 3 rings (SSSR count). The molecular formula is C22H24N2O5. The molecule has 7 heteroatoms. The van der Waals surface area contributed by atoms with Gasteiger partial charge in [-0.2, -0.15) is 0 Å². The largest absolute Gasteiger partial charge is 0.497 e. The minimum atomic E-state index is -0.756. The van der Waals surface area contributed by atoms with Gasteiger partial charge in [0.1, 0.15) is 16.9 Å². The first-order valence-electron chi connectivity index (χ1n) is 9.14. The van der Waals surface area contributed by atoms with Gasteiger partial charge in [-0.1, -0.05) is 30.3 Å². The molecule has 1 atom stereocenters. The molecule has 0 saturated heterocycles. The summed E-state index contributed by atoms with van der Waals surface area (Å²) in [5, 5.41) is 5.36. The molecule has 2 amide bonds. The van der Waals surface area contributed by atoms with Gasteiger partial charge in [-0.3, -0.25) is 5.32 Å². The van der Waals surface area contributed by atoms with Crippen LogP contribution in [0.25, 0.3) is 0 Å². The summed E-state index contributed by atoms with van der Waals surface area (Å²) in [4.78, 5) is 25.1. The molecule has 0 fully saturated rings. The van der Waals surface area contributed by atoms with Gasteiger partial charge in [0.2, 0.25) is 5.88 Å². The van der Waals surface area contributed by atoms with Crippen LogP contribution in [0, 0.1) is 0 Å². The smallest absolute Gasteiger partial charge is 0.339 e. The first kappa shape index (κ1) is 20.3. The van der Waals surface area contributed by atoms with Crippen molar-refractivity contribution < 1.29 is 23.8 Å². The van der Waals surface area contributed by atoms with Crippen molar-refractivity contribution in [3.8, 4) is 5.75 Å². The van der Waals surface area contributed by atoms with Crippen LogP contribution in [0.5, 0.6) is 5.75 Å². The van der Waals surface area contributed by atoms with Crippen molar-refractivity contribution in [2.75, 3.05) is 19.5 Å². The predicted octanol–water partition coefficient (Wildman–Crippen LogP) is 3.79. The molecule has 1 unspecified atom stereocenters. The molecule has 7 nitrogen and oxygen atoms in total. The number of rotatable bonds is 5. The van der Waals surface area contributed by atoms with E-state index < -0.39 is 23.5 Å². The summed E-state index contributed by atoms with van der Waals surface area (Å²) in [6.45, 7) is 3.73. The topological polar surface area (TPSA) is 85.9 Å². The summed E-state index contributed by atoms with van der Waals surface area (Å²) in [5.41, 5.74) is 0.979.